The molecule has 1 unspecified atom stereocenters. The second kappa shape index (κ2) is 9.05. The standard InChI is InChI=1S/C27H28N4O5/c32-24-6-5-22(25(33)29-24)31-15-19-13-20(3-4-21(19)26(31)34)28-27(35)30-10-7-17-1-2-18(14-23(17)30)16-8-11-36-12-9-16/h1-4,13-14,16,22H,5-12,15H2,(H,28,35)(H,29,32,33). The van der Waals surface area contributed by atoms with Crippen LogP contribution in [0.1, 0.15) is 58.6 Å². The van der Waals surface area contributed by atoms with Crippen molar-refractivity contribution in [1.29, 1.82) is 0 Å². The molecular formula is C27H28N4O5. The van der Waals surface area contributed by atoms with Gasteiger partial charge < -0.3 is 15.0 Å². The summed E-state index contributed by atoms with van der Waals surface area (Å²) in [6, 6.07) is 10.8. The Kier molecular flexibility index (Phi) is 5.72. The summed E-state index contributed by atoms with van der Waals surface area (Å²) in [6.07, 6.45) is 3.34. The van der Waals surface area contributed by atoms with Gasteiger partial charge in [0.05, 0.1) is 0 Å². The molecule has 2 aromatic rings. The molecule has 0 saturated carbocycles. The number of anilines is 2. The number of piperidine rings is 1. The molecular weight excluding hydrogens is 460 g/mol. The van der Waals surface area contributed by atoms with Gasteiger partial charge in [0, 0.05) is 49.7 Å². The first-order valence-corrected chi connectivity index (χ1v) is 12.5. The van der Waals surface area contributed by atoms with E-state index in [1.807, 2.05) is 0 Å². The molecule has 0 aromatic heterocycles. The van der Waals surface area contributed by atoms with Crippen LogP contribution in [0.15, 0.2) is 36.4 Å². The Morgan fingerprint density at radius 3 is 2.61 bits per heavy atom. The molecule has 6 rings (SSSR count). The van der Waals surface area contributed by atoms with Crippen LogP contribution >= 0.6 is 0 Å². The van der Waals surface area contributed by atoms with Crippen molar-refractivity contribution in [3.05, 3.63) is 58.7 Å². The topological polar surface area (TPSA) is 108 Å². The molecule has 36 heavy (non-hydrogen) atoms. The zero-order valence-corrected chi connectivity index (χ0v) is 19.9. The van der Waals surface area contributed by atoms with Gasteiger partial charge in [0.1, 0.15) is 6.04 Å². The van der Waals surface area contributed by atoms with Crippen LogP contribution in [0.25, 0.3) is 0 Å². The molecule has 9 nitrogen and oxygen atoms in total. The van der Waals surface area contributed by atoms with Crippen LogP contribution in [0, 0.1) is 0 Å². The number of carbonyl (C=O) groups excluding carboxylic acids is 4. The zero-order chi connectivity index (χ0) is 24.8. The second-order valence-electron chi connectivity index (χ2n) is 9.88. The molecule has 4 aliphatic heterocycles. The second-order valence-corrected chi connectivity index (χ2v) is 9.88. The normalized spacial score (nSPS) is 21.9. The number of nitrogens with one attached hydrogen (secondary N) is 2. The number of hydrogen-bond acceptors (Lipinski definition) is 5. The van der Waals surface area contributed by atoms with E-state index in [0.29, 0.717) is 30.1 Å². The van der Waals surface area contributed by atoms with E-state index in [1.54, 1.807) is 23.1 Å². The first-order valence-electron chi connectivity index (χ1n) is 12.5. The minimum atomic E-state index is -0.660. The van der Waals surface area contributed by atoms with Crippen molar-refractivity contribution in [2.45, 2.75) is 50.6 Å². The quantitative estimate of drug-likeness (QED) is 0.646. The lowest BCUT2D eigenvalue weighted by molar-refractivity contribution is -0.136. The fraction of sp³-hybridized carbons (Fsp3) is 0.407. The van der Waals surface area contributed by atoms with Crippen molar-refractivity contribution >= 4 is 35.1 Å². The van der Waals surface area contributed by atoms with Gasteiger partial charge in [0.2, 0.25) is 11.8 Å². The highest BCUT2D eigenvalue weighted by atomic mass is 16.5. The summed E-state index contributed by atoms with van der Waals surface area (Å²) in [7, 11) is 0. The third kappa shape index (κ3) is 4.03. The third-order valence-electron chi connectivity index (χ3n) is 7.72. The molecule has 0 bridgehead atoms. The monoisotopic (exact) mass is 488 g/mol. The molecule has 4 aliphatic rings. The van der Waals surface area contributed by atoms with Crippen LogP contribution in [0.4, 0.5) is 16.2 Å². The maximum Gasteiger partial charge on any atom is 0.326 e. The number of urea groups is 1. The maximum absolute atomic E-state index is 13.2. The smallest absolute Gasteiger partial charge is 0.326 e. The van der Waals surface area contributed by atoms with Crippen molar-refractivity contribution in [3.63, 3.8) is 0 Å². The van der Waals surface area contributed by atoms with Gasteiger partial charge in [-0.15, -0.1) is 0 Å². The highest BCUT2D eigenvalue weighted by Crippen LogP contribution is 2.35. The summed E-state index contributed by atoms with van der Waals surface area (Å²) in [5, 5.41) is 5.31. The largest absolute Gasteiger partial charge is 0.381 e. The van der Waals surface area contributed by atoms with Crippen molar-refractivity contribution in [1.82, 2.24) is 10.2 Å². The summed E-state index contributed by atoms with van der Waals surface area (Å²) >= 11 is 0. The summed E-state index contributed by atoms with van der Waals surface area (Å²) in [5.74, 6) is -0.523. The number of carbonyl (C=O) groups is 4. The molecule has 5 amide bonds. The van der Waals surface area contributed by atoms with E-state index in [-0.39, 0.29) is 30.8 Å². The van der Waals surface area contributed by atoms with E-state index in [2.05, 4.69) is 28.8 Å². The van der Waals surface area contributed by atoms with Gasteiger partial charge in [-0.2, -0.15) is 0 Å². The van der Waals surface area contributed by atoms with Crippen LogP contribution in [0.5, 0.6) is 0 Å². The van der Waals surface area contributed by atoms with Crippen molar-refractivity contribution in [2.75, 3.05) is 30.0 Å². The highest BCUT2D eigenvalue weighted by molar-refractivity contribution is 6.06. The average Bonchev–Trinajstić information content (AvgIpc) is 3.45. The predicted octanol–water partition coefficient (Wildman–Crippen LogP) is 2.94. The van der Waals surface area contributed by atoms with Gasteiger partial charge >= 0.3 is 6.03 Å². The van der Waals surface area contributed by atoms with Crippen LogP contribution in [-0.2, 0) is 27.3 Å². The first-order chi connectivity index (χ1) is 17.5. The van der Waals surface area contributed by atoms with Crippen LogP contribution in [0.3, 0.4) is 0 Å². The lowest BCUT2D eigenvalue weighted by Gasteiger charge is -2.29. The Bertz CT molecular complexity index is 1270. The number of nitrogens with zero attached hydrogens (tertiary/aromatic N) is 2. The Hall–Kier alpha value is -3.72. The van der Waals surface area contributed by atoms with Gasteiger partial charge in [-0.1, -0.05) is 12.1 Å². The Balaban J connectivity index is 1.17. The predicted molar refractivity (Wildman–Crippen MR) is 132 cm³/mol. The van der Waals surface area contributed by atoms with Gasteiger partial charge in [0.15, 0.2) is 0 Å². The van der Waals surface area contributed by atoms with Crippen LogP contribution in [-0.4, -0.2) is 54.5 Å². The van der Waals surface area contributed by atoms with E-state index in [1.165, 1.54) is 16.0 Å². The zero-order valence-electron chi connectivity index (χ0n) is 19.9. The average molecular weight is 489 g/mol. The number of fused-ring (bicyclic) bond motifs is 2. The summed E-state index contributed by atoms with van der Waals surface area (Å²) in [5.41, 5.74) is 5.25. The van der Waals surface area contributed by atoms with E-state index in [9.17, 15) is 19.2 Å². The molecule has 4 heterocycles. The van der Waals surface area contributed by atoms with Crippen LogP contribution < -0.4 is 15.5 Å². The van der Waals surface area contributed by atoms with Crippen molar-refractivity contribution in [3.8, 4) is 0 Å². The molecule has 2 aromatic carbocycles. The molecule has 1 atom stereocenters. The molecule has 186 valence electrons. The van der Waals surface area contributed by atoms with E-state index in [0.717, 1.165) is 43.7 Å². The summed E-state index contributed by atoms with van der Waals surface area (Å²) < 4.78 is 5.50. The van der Waals surface area contributed by atoms with E-state index < -0.39 is 11.9 Å². The fourth-order valence-electron chi connectivity index (χ4n) is 5.74. The SMILES string of the molecule is O=C1CCC(N2Cc3cc(NC(=O)N4CCc5ccc(C6CCOCC6)cc54)ccc3C2=O)C(=O)N1. The van der Waals surface area contributed by atoms with E-state index in [4.69, 9.17) is 4.74 Å². The van der Waals surface area contributed by atoms with E-state index >= 15 is 0 Å². The van der Waals surface area contributed by atoms with Gasteiger partial charge in [-0.3, -0.25) is 24.6 Å². The molecule has 2 fully saturated rings. The fourth-order valence-corrected chi connectivity index (χ4v) is 5.74. The Labute approximate surface area is 208 Å². The number of amides is 5. The summed E-state index contributed by atoms with van der Waals surface area (Å²) in [4.78, 5) is 53.2. The molecule has 2 N–H and O–H groups in total. The highest BCUT2D eigenvalue weighted by Gasteiger charge is 2.39. The number of imide groups is 1. The molecule has 2 saturated heterocycles. The molecule has 0 aliphatic carbocycles. The first kappa shape index (κ1) is 22.7. The van der Waals surface area contributed by atoms with Crippen LogP contribution in [0.2, 0.25) is 0 Å². The number of rotatable bonds is 3. The van der Waals surface area contributed by atoms with Gasteiger partial charge in [-0.05, 0) is 72.6 Å². The summed E-state index contributed by atoms with van der Waals surface area (Å²) in [6.45, 7) is 2.43. The lowest BCUT2D eigenvalue weighted by atomic mass is 9.90. The van der Waals surface area contributed by atoms with Crippen molar-refractivity contribution in [2.24, 2.45) is 0 Å². The molecule has 9 heteroatoms. The molecule has 0 spiro atoms. The minimum Gasteiger partial charge on any atom is -0.381 e. The Morgan fingerprint density at radius 2 is 1.81 bits per heavy atom. The molecule has 0 radical (unpaired) electrons. The van der Waals surface area contributed by atoms with Gasteiger partial charge in [0.25, 0.3) is 5.91 Å². The van der Waals surface area contributed by atoms with Gasteiger partial charge in [-0.25, -0.2) is 4.79 Å². The lowest BCUT2D eigenvalue weighted by Crippen LogP contribution is -2.52. The maximum atomic E-state index is 13.2. The number of benzene rings is 2. The van der Waals surface area contributed by atoms with Crippen molar-refractivity contribution < 1.29 is 23.9 Å². The third-order valence-corrected chi connectivity index (χ3v) is 7.72. The Morgan fingerprint density at radius 1 is 0.972 bits per heavy atom. The number of ether oxygens (including phenoxy) is 1. The number of hydrogen-bond donors (Lipinski definition) is 2. The minimum absolute atomic E-state index is 0.204.